The number of hydrogen-bond donors (Lipinski definition) is 1. The van der Waals surface area contributed by atoms with Gasteiger partial charge in [-0.25, -0.2) is 0 Å². The van der Waals surface area contributed by atoms with E-state index < -0.39 is 0 Å². The second-order valence-corrected chi connectivity index (χ2v) is 6.31. The third-order valence-corrected chi connectivity index (χ3v) is 4.57. The SMILES string of the molecule is CCOC(=O)C1CCN(CCN(CCNC(=O)CC)C(=O)CC)CC1. The number of carbonyl (C=O) groups excluding carboxylic acids is 3. The Labute approximate surface area is 151 Å². The molecule has 0 unspecified atom stereocenters. The van der Waals surface area contributed by atoms with Gasteiger partial charge in [-0.1, -0.05) is 13.8 Å². The van der Waals surface area contributed by atoms with Crippen LogP contribution in [0.3, 0.4) is 0 Å². The molecule has 0 bridgehead atoms. The zero-order valence-electron chi connectivity index (χ0n) is 15.9. The number of piperidine rings is 1. The van der Waals surface area contributed by atoms with Crippen LogP contribution >= 0.6 is 0 Å². The number of carbonyl (C=O) groups is 3. The Hall–Kier alpha value is -1.63. The van der Waals surface area contributed by atoms with Crippen LogP contribution < -0.4 is 5.32 Å². The van der Waals surface area contributed by atoms with Crippen LogP contribution in [-0.2, 0) is 19.1 Å². The molecule has 0 aromatic rings. The average molecular weight is 355 g/mol. The monoisotopic (exact) mass is 355 g/mol. The summed E-state index contributed by atoms with van der Waals surface area (Å²) in [7, 11) is 0. The van der Waals surface area contributed by atoms with Crippen LogP contribution in [0.15, 0.2) is 0 Å². The van der Waals surface area contributed by atoms with Crippen molar-refractivity contribution in [1.82, 2.24) is 15.1 Å². The summed E-state index contributed by atoms with van der Waals surface area (Å²) in [5, 5.41) is 2.81. The lowest BCUT2D eigenvalue weighted by atomic mass is 9.97. The summed E-state index contributed by atoms with van der Waals surface area (Å²) >= 11 is 0. The first kappa shape index (κ1) is 21.4. The molecule has 1 aliphatic heterocycles. The normalized spacial score (nSPS) is 15.6. The second-order valence-electron chi connectivity index (χ2n) is 6.31. The molecule has 7 nitrogen and oxygen atoms in total. The van der Waals surface area contributed by atoms with E-state index in [1.165, 1.54) is 0 Å². The van der Waals surface area contributed by atoms with E-state index in [2.05, 4.69) is 10.2 Å². The van der Waals surface area contributed by atoms with Crippen molar-refractivity contribution >= 4 is 17.8 Å². The molecule has 1 rings (SSSR count). The first-order valence-corrected chi connectivity index (χ1v) is 9.45. The predicted molar refractivity (Wildman–Crippen MR) is 96.0 cm³/mol. The van der Waals surface area contributed by atoms with Gasteiger partial charge in [-0.3, -0.25) is 14.4 Å². The van der Waals surface area contributed by atoms with Crippen molar-refractivity contribution in [2.24, 2.45) is 5.92 Å². The van der Waals surface area contributed by atoms with Crippen LogP contribution in [0, 0.1) is 5.92 Å². The van der Waals surface area contributed by atoms with E-state index in [-0.39, 0.29) is 23.7 Å². The number of esters is 1. The first-order chi connectivity index (χ1) is 12.0. The smallest absolute Gasteiger partial charge is 0.309 e. The van der Waals surface area contributed by atoms with Crippen LogP contribution in [-0.4, -0.2) is 73.5 Å². The van der Waals surface area contributed by atoms with Gasteiger partial charge in [-0.2, -0.15) is 0 Å². The third-order valence-electron chi connectivity index (χ3n) is 4.57. The lowest BCUT2D eigenvalue weighted by Crippen LogP contribution is -2.44. The van der Waals surface area contributed by atoms with Gasteiger partial charge in [-0.05, 0) is 32.9 Å². The fourth-order valence-electron chi connectivity index (χ4n) is 2.95. The Bertz CT molecular complexity index is 434. The molecule has 2 amide bonds. The van der Waals surface area contributed by atoms with E-state index in [1.54, 1.807) is 0 Å². The van der Waals surface area contributed by atoms with Crippen molar-refractivity contribution < 1.29 is 19.1 Å². The Kier molecular flexibility index (Phi) is 10.1. The van der Waals surface area contributed by atoms with Crippen molar-refractivity contribution in [3.63, 3.8) is 0 Å². The minimum absolute atomic E-state index is 0.00457. The number of ether oxygens (including phenoxy) is 1. The second kappa shape index (κ2) is 11.8. The van der Waals surface area contributed by atoms with E-state index >= 15 is 0 Å². The summed E-state index contributed by atoms with van der Waals surface area (Å²) in [6, 6.07) is 0. The van der Waals surface area contributed by atoms with Gasteiger partial charge < -0.3 is 19.9 Å². The van der Waals surface area contributed by atoms with Crippen LogP contribution in [0.5, 0.6) is 0 Å². The van der Waals surface area contributed by atoms with Crippen LogP contribution in [0.1, 0.15) is 46.5 Å². The Morgan fingerprint density at radius 2 is 1.76 bits per heavy atom. The molecule has 0 spiro atoms. The summed E-state index contributed by atoms with van der Waals surface area (Å²) in [6.45, 7) is 10.1. The molecule has 0 radical (unpaired) electrons. The minimum Gasteiger partial charge on any atom is -0.466 e. The Balaban J connectivity index is 2.35. The summed E-state index contributed by atoms with van der Waals surface area (Å²) < 4.78 is 5.09. The fourth-order valence-corrected chi connectivity index (χ4v) is 2.95. The number of amides is 2. The van der Waals surface area contributed by atoms with Gasteiger partial charge in [0, 0.05) is 39.0 Å². The number of hydrogen-bond acceptors (Lipinski definition) is 5. The topological polar surface area (TPSA) is 79.0 Å². The molecular formula is C18H33N3O4. The Morgan fingerprint density at radius 3 is 2.32 bits per heavy atom. The van der Waals surface area contributed by atoms with Crippen LogP contribution in [0.2, 0.25) is 0 Å². The predicted octanol–water partition coefficient (Wildman–Crippen LogP) is 1.03. The van der Waals surface area contributed by atoms with Crippen LogP contribution in [0.4, 0.5) is 0 Å². The molecule has 7 heteroatoms. The summed E-state index contributed by atoms with van der Waals surface area (Å²) in [4.78, 5) is 39.3. The van der Waals surface area contributed by atoms with E-state index in [0.717, 1.165) is 32.5 Å². The van der Waals surface area contributed by atoms with Gasteiger partial charge in [0.1, 0.15) is 0 Å². The highest BCUT2D eigenvalue weighted by atomic mass is 16.5. The van der Waals surface area contributed by atoms with Gasteiger partial charge in [-0.15, -0.1) is 0 Å². The largest absolute Gasteiger partial charge is 0.466 e. The molecular weight excluding hydrogens is 322 g/mol. The molecule has 0 aromatic carbocycles. The summed E-state index contributed by atoms with van der Waals surface area (Å²) in [6.07, 6.45) is 2.55. The standard InChI is InChI=1S/C18H33N3O4/c1-4-16(22)19-9-12-21(17(23)5-2)14-13-20-10-7-15(8-11-20)18(24)25-6-3/h15H,4-14H2,1-3H3,(H,19,22). The van der Waals surface area contributed by atoms with Crippen molar-refractivity contribution in [3.05, 3.63) is 0 Å². The molecule has 144 valence electrons. The number of rotatable bonds is 10. The van der Waals surface area contributed by atoms with Gasteiger partial charge in [0.05, 0.1) is 12.5 Å². The maximum atomic E-state index is 12.1. The van der Waals surface area contributed by atoms with Gasteiger partial charge in [0.2, 0.25) is 11.8 Å². The van der Waals surface area contributed by atoms with Gasteiger partial charge >= 0.3 is 5.97 Å². The van der Waals surface area contributed by atoms with E-state index in [0.29, 0.717) is 39.1 Å². The molecule has 0 saturated carbocycles. The van der Waals surface area contributed by atoms with Crippen molar-refractivity contribution in [2.75, 3.05) is 45.9 Å². The van der Waals surface area contributed by atoms with Crippen molar-refractivity contribution in [3.8, 4) is 0 Å². The van der Waals surface area contributed by atoms with E-state index in [1.807, 2.05) is 25.7 Å². The molecule has 1 aliphatic rings. The number of nitrogens with one attached hydrogen (secondary N) is 1. The fraction of sp³-hybridized carbons (Fsp3) is 0.833. The molecule has 1 N–H and O–H groups in total. The van der Waals surface area contributed by atoms with Gasteiger partial charge in [0.15, 0.2) is 0 Å². The third kappa shape index (κ3) is 7.86. The highest BCUT2D eigenvalue weighted by Gasteiger charge is 2.26. The molecule has 1 fully saturated rings. The average Bonchev–Trinajstić information content (AvgIpc) is 2.64. The maximum Gasteiger partial charge on any atom is 0.309 e. The van der Waals surface area contributed by atoms with Gasteiger partial charge in [0.25, 0.3) is 0 Å². The molecule has 25 heavy (non-hydrogen) atoms. The lowest BCUT2D eigenvalue weighted by Gasteiger charge is -2.32. The van der Waals surface area contributed by atoms with Crippen molar-refractivity contribution in [2.45, 2.75) is 46.5 Å². The summed E-state index contributed by atoms with van der Waals surface area (Å²) in [5.41, 5.74) is 0. The highest BCUT2D eigenvalue weighted by Crippen LogP contribution is 2.18. The van der Waals surface area contributed by atoms with E-state index in [4.69, 9.17) is 4.74 Å². The molecule has 1 saturated heterocycles. The van der Waals surface area contributed by atoms with Crippen LogP contribution in [0.25, 0.3) is 0 Å². The van der Waals surface area contributed by atoms with Crippen molar-refractivity contribution in [1.29, 1.82) is 0 Å². The molecule has 0 atom stereocenters. The quantitative estimate of drug-likeness (QED) is 0.592. The molecule has 1 heterocycles. The molecule has 0 aliphatic carbocycles. The Morgan fingerprint density at radius 1 is 1.08 bits per heavy atom. The maximum absolute atomic E-state index is 12.1. The first-order valence-electron chi connectivity index (χ1n) is 9.45. The number of nitrogens with zero attached hydrogens (tertiary/aromatic N) is 2. The zero-order valence-corrected chi connectivity index (χ0v) is 15.9. The number of likely N-dealkylation sites (tertiary alicyclic amines) is 1. The minimum atomic E-state index is -0.0865. The zero-order chi connectivity index (χ0) is 18.7. The molecule has 0 aromatic heterocycles. The van der Waals surface area contributed by atoms with E-state index in [9.17, 15) is 14.4 Å². The summed E-state index contributed by atoms with van der Waals surface area (Å²) in [5.74, 6) is 0.0301. The lowest BCUT2D eigenvalue weighted by molar-refractivity contribution is -0.149. The highest BCUT2D eigenvalue weighted by molar-refractivity contribution is 5.77.